The Balaban J connectivity index is 1.89. The molecule has 0 saturated heterocycles. The third-order valence-corrected chi connectivity index (χ3v) is 5.09. The Morgan fingerprint density at radius 3 is 2.72 bits per heavy atom. The first-order chi connectivity index (χ1) is 12.0. The van der Waals surface area contributed by atoms with Gasteiger partial charge in [-0.15, -0.1) is 0 Å². The fourth-order valence-electron chi connectivity index (χ4n) is 2.20. The maximum absolute atomic E-state index is 12.6. The maximum atomic E-state index is 12.6. The number of fused-ring (bicyclic) bond motifs is 1. The average Bonchev–Trinajstić information content (AvgIpc) is 3.08. The molecule has 1 amide bonds. The van der Waals surface area contributed by atoms with E-state index in [1.807, 2.05) is 0 Å². The number of benzene rings is 1. The molecule has 130 valence electrons. The second-order valence-electron chi connectivity index (χ2n) is 5.60. The van der Waals surface area contributed by atoms with E-state index in [-0.39, 0.29) is 17.5 Å². The molecule has 7 nitrogen and oxygen atoms in total. The molecule has 2 heterocycles. The molecule has 1 atom stereocenters. The lowest BCUT2D eigenvalue weighted by atomic mass is 10.1. The fraction of sp³-hybridized carbons (Fsp3) is 0.294. The lowest BCUT2D eigenvalue weighted by Gasteiger charge is -2.05. The van der Waals surface area contributed by atoms with Crippen molar-refractivity contribution in [1.29, 1.82) is 0 Å². The summed E-state index contributed by atoms with van der Waals surface area (Å²) >= 11 is 1.39. The van der Waals surface area contributed by atoms with Gasteiger partial charge in [0.05, 0.1) is 13.3 Å². The lowest BCUT2D eigenvalue weighted by molar-refractivity contribution is 0.102. The fourth-order valence-corrected chi connectivity index (χ4v) is 3.19. The number of hydrogen-bond donors (Lipinski definition) is 1. The summed E-state index contributed by atoms with van der Waals surface area (Å²) < 4.78 is 6.31. The van der Waals surface area contributed by atoms with Crippen LogP contribution in [0.15, 0.2) is 35.3 Å². The molecular formula is C17H18N4O3S. The van der Waals surface area contributed by atoms with Gasteiger partial charge in [-0.2, -0.15) is 9.61 Å². The molecule has 0 saturated carbocycles. The third kappa shape index (κ3) is 3.39. The van der Waals surface area contributed by atoms with Crippen molar-refractivity contribution >= 4 is 27.9 Å². The number of carbonyl (C=O) groups excluding carboxylic acids is 1. The first-order valence-electron chi connectivity index (χ1n) is 7.87. The van der Waals surface area contributed by atoms with Gasteiger partial charge >= 0.3 is 0 Å². The van der Waals surface area contributed by atoms with Crippen LogP contribution >= 0.6 is 11.3 Å². The first-order valence-corrected chi connectivity index (χ1v) is 8.69. The van der Waals surface area contributed by atoms with Crippen molar-refractivity contribution in [3.05, 3.63) is 51.4 Å². The summed E-state index contributed by atoms with van der Waals surface area (Å²) in [6, 6.07) is 6.62. The number of amides is 1. The minimum Gasteiger partial charge on any atom is -0.497 e. The number of aromatic nitrogens is 3. The Kier molecular flexibility index (Phi) is 4.80. The van der Waals surface area contributed by atoms with Crippen molar-refractivity contribution in [2.24, 2.45) is 0 Å². The molecule has 3 rings (SSSR count). The van der Waals surface area contributed by atoms with E-state index < -0.39 is 5.56 Å². The van der Waals surface area contributed by atoms with E-state index in [0.29, 0.717) is 16.3 Å². The molecular weight excluding hydrogens is 340 g/mol. The second-order valence-corrected chi connectivity index (χ2v) is 6.59. The monoisotopic (exact) mass is 358 g/mol. The van der Waals surface area contributed by atoms with Crippen LogP contribution in [-0.4, -0.2) is 27.6 Å². The van der Waals surface area contributed by atoms with Crippen LogP contribution in [-0.2, 0) is 0 Å². The lowest BCUT2D eigenvalue weighted by Crippen LogP contribution is -2.23. The van der Waals surface area contributed by atoms with Crippen LogP contribution in [0.5, 0.6) is 5.75 Å². The summed E-state index contributed by atoms with van der Waals surface area (Å²) in [5, 5.41) is 7.79. The Hall–Kier alpha value is -2.74. The summed E-state index contributed by atoms with van der Waals surface area (Å²) in [4.78, 5) is 29.6. The van der Waals surface area contributed by atoms with Crippen LogP contribution in [0.3, 0.4) is 0 Å². The number of hydrogen-bond acceptors (Lipinski definition) is 6. The molecule has 0 aliphatic heterocycles. The predicted octanol–water partition coefficient (Wildman–Crippen LogP) is 2.93. The van der Waals surface area contributed by atoms with E-state index in [1.54, 1.807) is 31.4 Å². The van der Waals surface area contributed by atoms with Crippen LogP contribution in [0.25, 0.3) is 4.96 Å². The Labute approximate surface area is 148 Å². The van der Waals surface area contributed by atoms with Crippen LogP contribution in [0.1, 0.15) is 41.6 Å². The normalized spacial score (nSPS) is 12.1. The highest BCUT2D eigenvalue weighted by atomic mass is 32.1. The highest BCUT2D eigenvalue weighted by Gasteiger charge is 2.15. The van der Waals surface area contributed by atoms with Gasteiger partial charge in [0.2, 0.25) is 4.96 Å². The highest BCUT2D eigenvalue weighted by molar-refractivity contribution is 7.16. The number of carbonyl (C=O) groups is 1. The molecule has 8 heteroatoms. The van der Waals surface area contributed by atoms with Gasteiger partial charge in [0.15, 0.2) is 0 Å². The van der Waals surface area contributed by atoms with Gasteiger partial charge in [-0.25, -0.2) is 4.98 Å². The van der Waals surface area contributed by atoms with Crippen molar-refractivity contribution in [3.8, 4) is 5.75 Å². The zero-order valence-electron chi connectivity index (χ0n) is 14.1. The molecule has 0 radical (unpaired) electrons. The maximum Gasteiger partial charge on any atom is 0.298 e. The quantitative estimate of drug-likeness (QED) is 0.758. The van der Waals surface area contributed by atoms with Gasteiger partial charge in [-0.05, 0) is 30.7 Å². The second kappa shape index (κ2) is 7.02. The van der Waals surface area contributed by atoms with E-state index in [2.05, 4.69) is 29.2 Å². The molecule has 0 bridgehead atoms. The zero-order valence-corrected chi connectivity index (χ0v) is 15.0. The van der Waals surface area contributed by atoms with Crippen LogP contribution in [0.4, 0.5) is 5.69 Å². The number of ether oxygens (including phenoxy) is 1. The van der Waals surface area contributed by atoms with E-state index in [1.165, 1.54) is 22.0 Å². The van der Waals surface area contributed by atoms with Crippen molar-refractivity contribution < 1.29 is 9.53 Å². The molecule has 0 aliphatic carbocycles. The number of methoxy groups -OCH3 is 1. The van der Waals surface area contributed by atoms with Crippen molar-refractivity contribution in [1.82, 2.24) is 14.6 Å². The van der Waals surface area contributed by atoms with Crippen LogP contribution in [0, 0.1) is 0 Å². The molecule has 0 unspecified atom stereocenters. The predicted molar refractivity (Wildman–Crippen MR) is 96.8 cm³/mol. The number of nitrogens with one attached hydrogen (secondary N) is 1. The molecule has 1 aromatic carbocycles. The van der Waals surface area contributed by atoms with Gasteiger partial charge in [-0.3, -0.25) is 9.59 Å². The Bertz CT molecular complexity index is 962. The molecule has 0 spiro atoms. The molecule has 1 N–H and O–H groups in total. The van der Waals surface area contributed by atoms with Crippen molar-refractivity contribution in [2.45, 2.75) is 26.2 Å². The van der Waals surface area contributed by atoms with E-state index in [0.717, 1.165) is 11.4 Å². The van der Waals surface area contributed by atoms with E-state index in [9.17, 15) is 9.59 Å². The molecule has 0 aliphatic rings. The summed E-state index contributed by atoms with van der Waals surface area (Å²) in [6.07, 6.45) is 2.30. The van der Waals surface area contributed by atoms with Gasteiger partial charge in [0, 0.05) is 11.5 Å². The molecule has 25 heavy (non-hydrogen) atoms. The Morgan fingerprint density at radius 1 is 1.36 bits per heavy atom. The van der Waals surface area contributed by atoms with Crippen LogP contribution < -0.4 is 15.6 Å². The van der Waals surface area contributed by atoms with E-state index in [4.69, 9.17) is 4.74 Å². The summed E-state index contributed by atoms with van der Waals surface area (Å²) in [7, 11) is 1.55. The SMILES string of the molecule is CC[C@H](C)c1nn2c(=O)c(NC(=O)c3ccc(OC)cc3)cnc2s1. The van der Waals surface area contributed by atoms with Gasteiger partial charge < -0.3 is 10.1 Å². The van der Waals surface area contributed by atoms with E-state index >= 15 is 0 Å². The third-order valence-electron chi connectivity index (χ3n) is 3.94. The largest absolute Gasteiger partial charge is 0.497 e. The Morgan fingerprint density at radius 2 is 2.08 bits per heavy atom. The number of nitrogens with zero attached hydrogens (tertiary/aromatic N) is 3. The first kappa shape index (κ1) is 17.1. The topological polar surface area (TPSA) is 85.6 Å². The summed E-state index contributed by atoms with van der Waals surface area (Å²) in [5.74, 6) is 0.516. The zero-order chi connectivity index (χ0) is 18.0. The molecule has 0 fully saturated rings. The molecule has 3 aromatic rings. The standard InChI is InChI=1S/C17H18N4O3S/c1-4-10(2)15-20-21-16(23)13(9-18-17(21)25-15)19-14(22)11-5-7-12(24-3)8-6-11/h5-10H,4H2,1-3H3,(H,19,22)/t10-/m0/s1. The number of anilines is 1. The number of rotatable bonds is 5. The summed E-state index contributed by atoms with van der Waals surface area (Å²) in [6.45, 7) is 4.11. The molecule has 2 aromatic heterocycles. The smallest absolute Gasteiger partial charge is 0.298 e. The summed E-state index contributed by atoms with van der Waals surface area (Å²) in [5.41, 5.74) is 0.126. The van der Waals surface area contributed by atoms with Gasteiger partial charge in [0.1, 0.15) is 16.4 Å². The average molecular weight is 358 g/mol. The van der Waals surface area contributed by atoms with Crippen LogP contribution in [0.2, 0.25) is 0 Å². The minimum atomic E-state index is -0.391. The van der Waals surface area contributed by atoms with Gasteiger partial charge in [0.25, 0.3) is 11.5 Å². The van der Waals surface area contributed by atoms with Crippen molar-refractivity contribution in [3.63, 3.8) is 0 Å². The van der Waals surface area contributed by atoms with Gasteiger partial charge in [-0.1, -0.05) is 25.2 Å². The highest BCUT2D eigenvalue weighted by Crippen LogP contribution is 2.23. The van der Waals surface area contributed by atoms with Crippen molar-refractivity contribution in [2.75, 3.05) is 12.4 Å². The minimum absolute atomic E-state index is 0.0966.